The van der Waals surface area contributed by atoms with Gasteiger partial charge in [-0.2, -0.15) is 5.10 Å². The van der Waals surface area contributed by atoms with Crippen LogP contribution in [0.4, 0.5) is 4.39 Å². The fourth-order valence-corrected chi connectivity index (χ4v) is 4.63. The van der Waals surface area contributed by atoms with Gasteiger partial charge in [-0.25, -0.2) is 9.49 Å². The summed E-state index contributed by atoms with van der Waals surface area (Å²) in [5, 5.41) is 6.80. The number of carbonyl (C=O) groups is 3. The van der Waals surface area contributed by atoms with Gasteiger partial charge in [0.25, 0.3) is 17.4 Å². The van der Waals surface area contributed by atoms with Crippen molar-refractivity contribution in [1.82, 2.24) is 20.0 Å². The molecule has 1 aromatic heterocycles. The zero-order valence-electron chi connectivity index (χ0n) is 18.7. The third-order valence-corrected chi connectivity index (χ3v) is 6.39. The Morgan fingerprint density at radius 1 is 1.00 bits per heavy atom. The van der Waals surface area contributed by atoms with Gasteiger partial charge in [0.1, 0.15) is 5.82 Å². The fraction of sp³-hybridized carbons (Fsp3) is 0.458. The molecule has 9 heteroatoms. The molecule has 0 bridgehead atoms. The number of nitrogens with zero attached hydrogens (tertiary/aromatic N) is 3. The number of Topliss-reactive ketones (excluding diaryl/α,β-unsaturated/α-hetero) is 1. The number of aromatic nitrogens is 2. The Morgan fingerprint density at radius 3 is 2.45 bits per heavy atom. The molecule has 1 aliphatic carbocycles. The van der Waals surface area contributed by atoms with Gasteiger partial charge in [0.15, 0.2) is 0 Å². The van der Waals surface area contributed by atoms with Crippen LogP contribution >= 0.6 is 0 Å². The van der Waals surface area contributed by atoms with Crippen molar-refractivity contribution in [3.8, 4) is 0 Å². The van der Waals surface area contributed by atoms with Crippen molar-refractivity contribution in [3.05, 3.63) is 62.3 Å². The van der Waals surface area contributed by atoms with E-state index in [2.05, 4.69) is 10.2 Å². The molecule has 1 aromatic carbocycles. The Balaban J connectivity index is 1.53. The van der Waals surface area contributed by atoms with Crippen LogP contribution in [0.2, 0.25) is 0 Å². The number of fused-ring (bicyclic) bond motifs is 1. The highest BCUT2D eigenvalue weighted by Gasteiger charge is 2.26. The van der Waals surface area contributed by atoms with Crippen LogP contribution in [0.1, 0.15) is 58.9 Å². The molecule has 174 valence electrons. The second kappa shape index (κ2) is 9.64. The molecule has 0 spiro atoms. The molecule has 0 saturated carbocycles. The lowest BCUT2D eigenvalue weighted by atomic mass is 9.90. The van der Waals surface area contributed by atoms with Crippen LogP contribution in [-0.2, 0) is 28.9 Å². The molecule has 0 atom stereocenters. The second-order valence-electron chi connectivity index (χ2n) is 8.65. The quantitative estimate of drug-likeness (QED) is 0.708. The molecule has 1 fully saturated rings. The third kappa shape index (κ3) is 4.86. The van der Waals surface area contributed by atoms with Crippen molar-refractivity contribution in [2.75, 3.05) is 26.2 Å². The predicted molar refractivity (Wildman–Crippen MR) is 118 cm³/mol. The average Bonchev–Trinajstić information content (AvgIpc) is 3.07. The van der Waals surface area contributed by atoms with Crippen molar-refractivity contribution in [1.29, 1.82) is 0 Å². The number of H-pyrrole nitrogens is 1. The summed E-state index contributed by atoms with van der Waals surface area (Å²) in [7, 11) is 0. The first-order valence-corrected chi connectivity index (χ1v) is 11.3. The van der Waals surface area contributed by atoms with E-state index in [1.165, 1.54) is 22.8 Å². The number of benzene rings is 1. The molecule has 1 N–H and O–H groups in total. The zero-order chi connectivity index (χ0) is 23.5. The number of aromatic amines is 1. The maximum absolute atomic E-state index is 14.6. The summed E-state index contributed by atoms with van der Waals surface area (Å²) < 4.78 is 14.6. The summed E-state index contributed by atoms with van der Waals surface area (Å²) in [5.41, 5.74) is 3.04. The number of carbonyl (C=O) groups excluding carboxylic acids is 3. The highest BCUT2D eigenvalue weighted by Crippen LogP contribution is 2.23. The van der Waals surface area contributed by atoms with Crippen LogP contribution in [0, 0.1) is 5.82 Å². The number of rotatable bonds is 4. The fourth-order valence-electron chi connectivity index (χ4n) is 4.63. The molecule has 0 radical (unpaired) electrons. The van der Waals surface area contributed by atoms with Crippen molar-refractivity contribution >= 4 is 17.6 Å². The van der Waals surface area contributed by atoms with Crippen LogP contribution in [0.3, 0.4) is 0 Å². The molecular weight excluding hydrogens is 427 g/mol. The lowest BCUT2D eigenvalue weighted by Crippen LogP contribution is -2.39. The van der Waals surface area contributed by atoms with Crippen molar-refractivity contribution in [2.45, 2.75) is 45.4 Å². The largest absolute Gasteiger partial charge is 0.337 e. The van der Waals surface area contributed by atoms with Gasteiger partial charge in [0.2, 0.25) is 5.78 Å². The van der Waals surface area contributed by atoms with Gasteiger partial charge in [-0.1, -0.05) is 6.07 Å². The van der Waals surface area contributed by atoms with Gasteiger partial charge >= 0.3 is 0 Å². The van der Waals surface area contributed by atoms with E-state index in [1.54, 1.807) is 12.1 Å². The molecule has 2 aliphatic rings. The van der Waals surface area contributed by atoms with E-state index >= 15 is 0 Å². The molecule has 1 saturated heterocycles. The maximum atomic E-state index is 14.6. The standard InChI is InChI=1S/C24H27FN4O4/c1-15(30)23(32)28-9-4-10-29(12-11-28)24(33)19-13-16(7-8-20(19)25)14-21-17-5-2-3-6-18(17)22(31)27-26-21/h7-8,13H,2-6,9-12,14H2,1H3,(H,27,31). The summed E-state index contributed by atoms with van der Waals surface area (Å²) in [5.74, 6) is -2.15. The molecule has 0 unspecified atom stereocenters. The smallest absolute Gasteiger partial charge is 0.289 e. The summed E-state index contributed by atoms with van der Waals surface area (Å²) in [6, 6.07) is 4.46. The van der Waals surface area contributed by atoms with E-state index in [0.717, 1.165) is 48.1 Å². The van der Waals surface area contributed by atoms with E-state index in [4.69, 9.17) is 0 Å². The Kier molecular flexibility index (Phi) is 6.67. The molecule has 1 aliphatic heterocycles. The van der Waals surface area contributed by atoms with Crippen LogP contribution in [0.25, 0.3) is 0 Å². The van der Waals surface area contributed by atoms with E-state index in [-0.39, 0.29) is 24.2 Å². The molecular formula is C24H27FN4O4. The Labute approximate surface area is 190 Å². The number of hydrogen-bond donors (Lipinski definition) is 1. The molecule has 8 nitrogen and oxygen atoms in total. The molecule has 33 heavy (non-hydrogen) atoms. The average molecular weight is 455 g/mol. The Bertz CT molecular complexity index is 1160. The summed E-state index contributed by atoms with van der Waals surface area (Å²) in [6.07, 6.45) is 4.39. The molecule has 2 heterocycles. The zero-order valence-corrected chi connectivity index (χ0v) is 18.7. The Hall–Kier alpha value is -3.36. The molecule has 2 aromatic rings. The number of amides is 2. The first kappa shape index (κ1) is 22.8. The van der Waals surface area contributed by atoms with Crippen molar-refractivity contribution < 1.29 is 18.8 Å². The molecule has 4 rings (SSSR count). The number of ketones is 1. The minimum absolute atomic E-state index is 0.0304. The monoisotopic (exact) mass is 454 g/mol. The van der Waals surface area contributed by atoms with Gasteiger partial charge < -0.3 is 9.80 Å². The SMILES string of the molecule is CC(=O)C(=O)N1CCCN(C(=O)c2cc(Cc3n[nH]c(=O)c4c3CCCC4)ccc2F)CC1. The van der Waals surface area contributed by atoms with Crippen LogP contribution < -0.4 is 5.56 Å². The van der Waals surface area contributed by atoms with Gasteiger partial charge in [0.05, 0.1) is 11.3 Å². The van der Waals surface area contributed by atoms with Crippen LogP contribution in [0.5, 0.6) is 0 Å². The Morgan fingerprint density at radius 2 is 1.70 bits per heavy atom. The van der Waals surface area contributed by atoms with Gasteiger partial charge in [0, 0.05) is 45.1 Å². The number of nitrogens with one attached hydrogen (secondary N) is 1. The van der Waals surface area contributed by atoms with Gasteiger partial charge in [-0.3, -0.25) is 19.2 Å². The van der Waals surface area contributed by atoms with Crippen LogP contribution in [-0.4, -0.2) is 63.8 Å². The summed E-state index contributed by atoms with van der Waals surface area (Å²) >= 11 is 0. The van der Waals surface area contributed by atoms with E-state index < -0.39 is 23.4 Å². The second-order valence-corrected chi connectivity index (χ2v) is 8.65. The third-order valence-electron chi connectivity index (χ3n) is 6.39. The minimum atomic E-state index is -0.610. The highest BCUT2D eigenvalue weighted by atomic mass is 19.1. The first-order chi connectivity index (χ1) is 15.8. The van der Waals surface area contributed by atoms with E-state index in [1.807, 2.05) is 0 Å². The lowest BCUT2D eigenvalue weighted by molar-refractivity contribution is -0.143. The minimum Gasteiger partial charge on any atom is -0.337 e. The van der Waals surface area contributed by atoms with E-state index in [9.17, 15) is 23.6 Å². The maximum Gasteiger partial charge on any atom is 0.289 e. The number of halogens is 1. The number of hydrogen-bond acceptors (Lipinski definition) is 5. The van der Waals surface area contributed by atoms with Gasteiger partial charge in [-0.05, 0) is 55.4 Å². The summed E-state index contributed by atoms with van der Waals surface area (Å²) in [6.45, 7) is 2.45. The topological polar surface area (TPSA) is 103 Å². The predicted octanol–water partition coefficient (Wildman–Crippen LogP) is 1.64. The van der Waals surface area contributed by atoms with Gasteiger partial charge in [-0.15, -0.1) is 0 Å². The normalized spacial score (nSPS) is 16.2. The molecule has 2 amide bonds. The summed E-state index contributed by atoms with van der Waals surface area (Å²) in [4.78, 5) is 51.5. The van der Waals surface area contributed by atoms with Crippen molar-refractivity contribution in [2.24, 2.45) is 0 Å². The highest BCUT2D eigenvalue weighted by molar-refractivity contribution is 6.35. The van der Waals surface area contributed by atoms with Crippen molar-refractivity contribution in [3.63, 3.8) is 0 Å². The van der Waals surface area contributed by atoms with E-state index in [0.29, 0.717) is 25.9 Å². The first-order valence-electron chi connectivity index (χ1n) is 11.3. The lowest BCUT2D eigenvalue weighted by Gasteiger charge is -2.22. The van der Waals surface area contributed by atoms with Crippen LogP contribution in [0.15, 0.2) is 23.0 Å².